The van der Waals surface area contributed by atoms with E-state index >= 15 is 0 Å². The Labute approximate surface area is 122 Å². The van der Waals surface area contributed by atoms with Crippen molar-refractivity contribution in [1.29, 1.82) is 0 Å². The SMILES string of the molecule is Cc1c(Cl)c(C)c(C2=NOC3NC=CC23)c(C)c1Cl. The van der Waals surface area contributed by atoms with Crippen molar-refractivity contribution in [3.63, 3.8) is 0 Å². The number of hydrogen-bond acceptors (Lipinski definition) is 3. The Morgan fingerprint density at radius 2 is 1.74 bits per heavy atom. The van der Waals surface area contributed by atoms with Crippen LogP contribution in [0.1, 0.15) is 22.3 Å². The van der Waals surface area contributed by atoms with Crippen LogP contribution in [0.5, 0.6) is 0 Å². The van der Waals surface area contributed by atoms with Gasteiger partial charge < -0.3 is 10.2 Å². The molecule has 0 radical (unpaired) electrons. The second-order valence-corrected chi connectivity index (χ2v) is 5.69. The smallest absolute Gasteiger partial charge is 0.209 e. The number of nitrogens with zero attached hydrogens (tertiary/aromatic N) is 1. The van der Waals surface area contributed by atoms with E-state index in [1.54, 1.807) is 0 Å². The van der Waals surface area contributed by atoms with Gasteiger partial charge in [0, 0.05) is 15.6 Å². The second kappa shape index (κ2) is 4.43. The summed E-state index contributed by atoms with van der Waals surface area (Å²) in [7, 11) is 0. The van der Waals surface area contributed by atoms with Gasteiger partial charge in [0.05, 0.1) is 5.92 Å². The summed E-state index contributed by atoms with van der Waals surface area (Å²) in [6.45, 7) is 5.92. The Kier molecular flexibility index (Phi) is 2.99. The monoisotopic (exact) mass is 296 g/mol. The molecule has 0 saturated carbocycles. The summed E-state index contributed by atoms with van der Waals surface area (Å²) in [6, 6.07) is 0. The van der Waals surface area contributed by atoms with Crippen molar-refractivity contribution < 1.29 is 4.84 Å². The van der Waals surface area contributed by atoms with E-state index in [9.17, 15) is 0 Å². The van der Waals surface area contributed by atoms with E-state index in [0.717, 1.165) is 28.0 Å². The number of rotatable bonds is 1. The lowest BCUT2D eigenvalue weighted by Crippen LogP contribution is -2.28. The lowest BCUT2D eigenvalue weighted by molar-refractivity contribution is 0.0625. The Bertz CT molecular complexity index is 593. The molecule has 1 aromatic carbocycles. The van der Waals surface area contributed by atoms with E-state index in [0.29, 0.717) is 10.0 Å². The first-order valence-electron chi connectivity index (χ1n) is 6.14. The third kappa shape index (κ3) is 1.76. The summed E-state index contributed by atoms with van der Waals surface area (Å²) in [4.78, 5) is 5.39. The first-order valence-corrected chi connectivity index (χ1v) is 6.89. The largest absolute Gasteiger partial charge is 0.369 e. The maximum atomic E-state index is 6.37. The molecule has 5 heteroatoms. The summed E-state index contributed by atoms with van der Waals surface area (Å²) in [6.07, 6.45) is 3.84. The highest BCUT2D eigenvalue weighted by atomic mass is 35.5. The van der Waals surface area contributed by atoms with Crippen LogP contribution in [0.15, 0.2) is 17.4 Å². The van der Waals surface area contributed by atoms with Gasteiger partial charge in [0.2, 0.25) is 6.23 Å². The van der Waals surface area contributed by atoms with E-state index in [2.05, 4.69) is 16.5 Å². The zero-order chi connectivity index (χ0) is 13.7. The third-order valence-electron chi connectivity index (χ3n) is 3.79. The Morgan fingerprint density at radius 1 is 1.11 bits per heavy atom. The van der Waals surface area contributed by atoms with Gasteiger partial charge in [-0.15, -0.1) is 0 Å². The molecule has 2 atom stereocenters. The molecule has 0 spiro atoms. The van der Waals surface area contributed by atoms with E-state index in [1.807, 2.05) is 27.0 Å². The minimum Gasteiger partial charge on any atom is -0.369 e. The van der Waals surface area contributed by atoms with Gasteiger partial charge in [-0.05, 0) is 43.7 Å². The molecule has 0 fully saturated rings. The Morgan fingerprint density at radius 3 is 2.37 bits per heavy atom. The maximum Gasteiger partial charge on any atom is 0.209 e. The van der Waals surface area contributed by atoms with Gasteiger partial charge in [0.15, 0.2) is 0 Å². The van der Waals surface area contributed by atoms with E-state index in [-0.39, 0.29) is 12.1 Å². The molecule has 0 saturated heterocycles. The third-order valence-corrected chi connectivity index (χ3v) is 4.93. The van der Waals surface area contributed by atoms with Crippen LogP contribution in [0.4, 0.5) is 0 Å². The fourth-order valence-electron chi connectivity index (χ4n) is 2.72. The predicted molar refractivity (Wildman–Crippen MR) is 77.8 cm³/mol. The van der Waals surface area contributed by atoms with Crippen LogP contribution in [-0.2, 0) is 4.84 Å². The molecule has 1 N–H and O–H groups in total. The standard InChI is InChI=1S/C14H14Cl2N2O/c1-6-10(7(2)12(16)8(3)11(6)15)13-9-4-5-17-14(9)19-18-13/h4-5,9,14,17H,1-3H3. The summed E-state index contributed by atoms with van der Waals surface area (Å²) in [5.74, 6) is 0.118. The zero-order valence-electron chi connectivity index (χ0n) is 10.9. The normalized spacial score (nSPS) is 23.9. The van der Waals surface area contributed by atoms with Crippen LogP contribution < -0.4 is 5.32 Å². The lowest BCUT2D eigenvalue weighted by Gasteiger charge is -2.17. The molecule has 2 aliphatic rings. The van der Waals surface area contributed by atoms with Crippen molar-refractivity contribution in [3.05, 3.63) is 44.6 Å². The highest BCUT2D eigenvalue weighted by molar-refractivity contribution is 6.38. The quantitative estimate of drug-likeness (QED) is 0.857. The lowest BCUT2D eigenvalue weighted by atomic mass is 9.89. The molecule has 2 heterocycles. The van der Waals surface area contributed by atoms with Crippen molar-refractivity contribution in [2.24, 2.45) is 11.1 Å². The summed E-state index contributed by atoms with van der Waals surface area (Å²) in [5.41, 5.74) is 4.82. The number of nitrogens with one attached hydrogen (secondary N) is 1. The van der Waals surface area contributed by atoms with Crippen LogP contribution in [0.3, 0.4) is 0 Å². The molecule has 2 unspecified atom stereocenters. The second-order valence-electron chi connectivity index (χ2n) is 4.93. The van der Waals surface area contributed by atoms with Crippen LogP contribution in [-0.4, -0.2) is 11.9 Å². The van der Waals surface area contributed by atoms with Crippen LogP contribution in [0.25, 0.3) is 0 Å². The topological polar surface area (TPSA) is 33.6 Å². The Balaban J connectivity index is 2.19. The number of oxime groups is 1. The van der Waals surface area contributed by atoms with Gasteiger partial charge in [-0.25, -0.2) is 0 Å². The molecule has 19 heavy (non-hydrogen) atoms. The van der Waals surface area contributed by atoms with Gasteiger partial charge in [0.25, 0.3) is 0 Å². The number of halogens is 2. The average Bonchev–Trinajstić information content (AvgIpc) is 2.98. The molecule has 0 aromatic heterocycles. The van der Waals surface area contributed by atoms with E-state index in [1.165, 1.54) is 0 Å². The molecular weight excluding hydrogens is 283 g/mol. The minimum atomic E-state index is -0.104. The number of fused-ring (bicyclic) bond motifs is 1. The van der Waals surface area contributed by atoms with Gasteiger partial charge in [0.1, 0.15) is 5.71 Å². The zero-order valence-corrected chi connectivity index (χ0v) is 12.4. The Hall–Kier alpha value is -1.19. The van der Waals surface area contributed by atoms with Gasteiger partial charge in [-0.3, -0.25) is 0 Å². The van der Waals surface area contributed by atoms with Gasteiger partial charge >= 0.3 is 0 Å². The molecule has 1 aromatic rings. The van der Waals surface area contributed by atoms with Crippen molar-refractivity contribution in [3.8, 4) is 0 Å². The van der Waals surface area contributed by atoms with Gasteiger partial charge in [-0.1, -0.05) is 34.4 Å². The summed E-state index contributed by atoms with van der Waals surface area (Å²) < 4.78 is 0. The predicted octanol–water partition coefficient (Wildman–Crippen LogP) is 3.71. The van der Waals surface area contributed by atoms with E-state index in [4.69, 9.17) is 28.0 Å². The molecular formula is C14H14Cl2N2O. The minimum absolute atomic E-state index is 0.104. The first kappa shape index (κ1) is 12.8. The van der Waals surface area contributed by atoms with Crippen LogP contribution >= 0.6 is 23.2 Å². The highest BCUT2D eigenvalue weighted by Crippen LogP contribution is 2.37. The van der Waals surface area contributed by atoms with Gasteiger partial charge in [-0.2, -0.15) is 0 Å². The number of hydrogen-bond donors (Lipinski definition) is 1. The van der Waals surface area contributed by atoms with Crippen molar-refractivity contribution in [2.75, 3.05) is 0 Å². The highest BCUT2D eigenvalue weighted by Gasteiger charge is 2.37. The molecule has 100 valence electrons. The molecule has 3 rings (SSSR count). The maximum absolute atomic E-state index is 6.37. The molecule has 0 aliphatic carbocycles. The van der Waals surface area contributed by atoms with Crippen LogP contribution in [0, 0.1) is 26.7 Å². The van der Waals surface area contributed by atoms with Crippen molar-refractivity contribution >= 4 is 28.9 Å². The fraction of sp³-hybridized carbons (Fsp3) is 0.357. The molecule has 3 nitrogen and oxygen atoms in total. The number of benzene rings is 1. The van der Waals surface area contributed by atoms with Crippen LogP contribution in [0.2, 0.25) is 10.0 Å². The molecule has 0 bridgehead atoms. The van der Waals surface area contributed by atoms with Crippen molar-refractivity contribution in [1.82, 2.24) is 5.32 Å². The van der Waals surface area contributed by atoms with Crippen molar-refractivity contribution in [2.45, 2.75) is 27.0 Å². The fourth-order valence-corrected chi connectivity index (χ4v) is 3.15. The molecule has 0 amide bonds. The average molecular weight is 297 g/mol. The first-order chi connectivity index (χ1) is 9.02. The summed E-state index contributed by atoms with van der Waals surface area (Å²) >= 11 is 12.7. The molecule has 2 aliphatic heterocycles. The van der Waals surface area contributed by atoms with E-state index < -0.39 is 0 Å². The summed E-state index contributed by atoms with van der Waals surface area (Å²) in [5, 5.41) is 8.73.